The first-order valence-corrected chi connectivity index (χ1v) is 9.43. The zero-order valence-corrected chi connectivity index (χ0v) is 15.2. The number of piperidine rings is 1. The van der Waals surface area contributed by atoms with E-state index in [-0.39, 0.29) is 10.6 Å². The van der Waals surface area contributed by atoms with Crippen molar-refractivity contribution < 1.29 is 23.1 Å². The van der Waals surface area contributed by atoms with Gasteiger partial charge in [0.05, 0.1) is 11.6 Å². The quantitative estimate of drug-likeness (QED) is 0.738. The zero-order chi connectivity index (χ0) is 18.9. The van der Waals surface area contributed by atoms with Crippen molar-refractivity contribution in [3.8, 4) is 0 Å². The van der Waals surface area contributed by atoms with Gasteiger partial charge in [0.2, 0.25) is 0 Å². The van der Waals surface area contributed by atoms with Crippen LogP contribution in [0.3, 0.4) is 0 Å². The SMILES string of the molecule is O=C(O)C1CCCCN1C(c1cccs1)c1cc(C(F)(F)F)ccc1Cl. The fourth-order valence-electron chi connectivity index (χ4n) is 3.40. The van der Waals surface area contributed by atoms with Crippen LogP contribution in [0.4, 0.5) is 13.2 Å². The van der Waals surface area contributed by atoms with Crippen molar-refractivity contribution in [1.29, 1.82) is 0 Å². The fourth-order valence-corrected chi connectivity index (χ4v) is 4.48. The molecule has 1 aromatic heterocycles. The zero-order valence-electron chi connectivity index (χ0n) is 13.7. The van der Waals surface area contributed by atoms with Crippen LogP contribution in [0.5, 0.6) is 0 Å². The van der Waals surface area contributed by atoms with E-state index in [2.05, 4.69) is 0 Å². The smallest absolute Gasteiger partial charge is 0.416 e. The lowest BCUT2D eigenvalue weighted by molar-refractivity contribution is -0.145. The molecule has 3 nitrogen and oxygen atoms in total. The highest BCUT2D eigenvalue weighted by atomic mass is 35.5. The highest BCUT2D eigenvalue weighted by Crippen LogP contribution is 2.41. The lowest BCUT2D eigenvalue weighted by Gasteiger charge is -2.39. The third-order valence-corrected chi connectivity index (χ3v) is 5.86. The van der Waals surface area contributed by atoms with Crippen LogP contribution in [0.1, 0.15) is 41.3 Å². The van der Waals surface area contributed by atoms with Gasteiger partial charge in [-0.15, -0.1) is 11.3 Å². The van der Waals surface area contributed by atoms with Crippen LogP contribution in [0, 0.1) is 0 Å². The number of likely N-dealkylation sites (tertiary alicyclic amines) is 1. The lowest BCUT2D eigenvalue weighted by Crippen LogP contribution is -2.46. The molecule has 0 saturated carbocycles. The molecule has 3 rings (SSSR count). The summed E-state index contributed by atoms with van der Waals surface area (Å²) in [5, 5.41) is 11.6. The molecule has 0 aliphatic carbocycles. The maximum Gasteiger partial charge on any atom is 0.416 e. The molecule has 2 atom stereocenters. The number of hydrogen-bond donors (Lipinski definition) is 1. The molecule has 1 N–H and O–H groups in total. The number of aliphatic carboxylic acids is 1. The van der Waals surface area contributed by atoms with Gasteiger partial charge in [-0.25, -0.2) is 0 Å². The molecule has 1 aliphatic heterocycles. The van der Waals surface area contributed by atoms with Crippen LogP contribution in [0.15, 0.2) is 35.7 Å². The van der Waals surface area contributed by atoms with Crippen molar-refractivity contribution in [2.24, 2.45) is 0 Å². The van der Waals surface area contributed by atoms with E-state index in [4.69, 9.17) is 11.6 Å². The van der Waals surface area contributed by atoms with E-state index in [0.717, 1.165) is 29.9 Å². The predicted molar refractivity (Wildman–Crippen MR) is 94.6 cm³/mol. The summed E-state index contributed by atoms with van der Waals surface area (Å²) in [5.74, 6) is -0.964. The summed E-state index contributed by atoms with van der Waals surface area (Å²) in [6, 6.07) is 5.46. The maximum atomic E-state index is 13.2. The first-order valence-electron chi connectivity index (χ1n) is 8.17. The largest absolute Gasteiger partial charge is 0.480 e. The summed E-state index contributed by atoms with van der Waals surface area (Å²) >= 11 is 7.65. The molecule has 0 bridgehead atoms. The van der Waals surface area contributed by atoms with E-state index in [1.807, 2.05) is 5.38 Å². The number of carboxylic acid groups (broad SMARTS) is 1. The minimum Gasteiger partial charge on any atom is -0.480 e. The van der Waals surface area contributed by atoms with Gasteiger partial charge in [0, 0.05) is 9.90 Å². The first-order chi connectivity index (χ1) is 12.3. The van der Waals surface area contributed by atoms with Crippen LogP contribution < -0.4 is 0 Å². The monoisotopic (exact) mass is 403 g/mol. The molecule has 1 aliphatic rings. The minimum absolute atomic E-state index is 0.200. The van der Waals surface area contributed by atoms with E-state index in [9.17, 15) is 23.1 Å². The van der Waals surface area contributed by atoms with Gasteiger partial charge in [-0.05, 0) is 54.6 Å². The van der Waals surface area contributed by atoms with Crippen molar-refractivity contribution in [2.45, 2.75) is 37.5 Å². The van der Waals surface area contributed by atoms with E-state index < -0.39 is 29.8 Å². The molecule has 2 heterocycles. The number of nitrogens with zero attached hydrogens (tertiary/aromatic N) is 1. The van der Waals surface area contributed by atoms with E-state index in [0.29, 0.717) is 13.0 Å². The van der Waals surface area contributed by atoms with Gasteiger partial charge in [0.15, 0.2) is 0 Å². The van der Waals surface area contributed by atoms with Gasteiger partial charge >= 0.3 is 12.1 Å². The van der Waals surface area contributed by atoms with Crippen LogP contribution in [0.2, 0.25) is 5.02 Å². The molecular formula is C18H17ClF3NO2S. The predicted octanol–water partition coefficient (Wildman–Crippen LogP) is 5.45. The number of halogens is 4. The molecule has 8 heteroatoms. The number of rotatable bonds is 4. The van der Waals surface area contributed by atoms with E-state index in [1.54, 1.807) is 17.0 Å². The Bertz CT molecular complexity index is 779. The molecule has 0 amide bonds. The lowest BCUT2D eigenvalue weighted by atomic mass is 9.94. The van der Waals surface area contributed by atoms with Crippen LogP contribution in [-0.4, -0.2) is 28.6 Å². The number of carbonyl (C=O) groups is 1. The first kappa shape index (κ1) is 19.2. The molecule has 1 fully saturated rings. The highest BCUT2D eigenvalue weighted by molar-refractivity contribution is 7.10. The third-order valence-electron chi connectivity index (χ3n) is 4.59. The normalized spacial score (nSPS) is 20.1. The summed E-state index contributed by atoms with van der Waals surface area (Å²) < 4.78 is 39.6. The van der Waals surface area contributed by atoms with Crippen molar-refractivity contribution >= 4 is 28.9 Å². The summed E-state index contributed by atoms with van der Waals surface area (Å²) in [6.45, 7) is 0.492. The van der Waals surface area contributed by atoms with E-state index in [1.165, 1.54) is 17.4 Å². The van der Waals surface area contributed by atoms with Gasteiger partial charge < -0.3 is 5.11 Å². The molecule has 26 heavy (non-hydrogen) atoms. The summed E-state index contributed by atoms with van der Waals surface area (Å²) in [7, 11) is 0. The average Bonchev–Trinajstić information content (AvgIpc) is 3.10. The molecule has 2 aromatic rings. The number of thiophene rings is 1. The Hall–Kier alpha value is -1.57. The highest BCUT2D eigenvalue weighted by Gasteiger charge is 2.38. The molecule has 140 valence electrons. The van der Waals surface area contributed by atoms with Crippen LogP contribution in [0.25, 0.3) is 0 Å². The molecular weight excluding hydrogens is 387 g/mol. The van der Waals surface area contributed by atoms with E-state index >= 15 is 0 Å². The molecule has 1 saturated heterocycles. The third kappa shape index (κ3) is 3.89. The Labute approximate surface area is 158 Å². The molecule has 1 aromatic carbocycles. The number of benzene rings is 1. The van der Waals surface area contributed by atoms with Crippen LogP contribution in [-0.2, 0) is 11.0 Å². The second-order valence-corrected chi connectivity index (χ2v) is 7.63. The van der Waals surface area contributed by atoms with Gasteiger partial charge in [-0.3, -0.25) is 9.69 Å². The Morgan fingerprint density at radius 2 is 2.08 bits per heavy atom. The Kier molecular flexibility index (Phi) is 5.60. The number of hydrogen-bond acceptors (Lipinski definition) is 3. The molecule has 0 radical (unpaired) electrons. The number of carboxylic acids is 1. The van der Waals surface area contributed by atoms with Crippen molar-refractivity contribution in [3.05, 3.63) is 56.7 Å². The van der Waals surface area contributed by atoms with Crippen LogP contribution >= 0.6 is 22.9 Å². The second-order valence-electron chi connectivity index (χ2n) is 6.24. The topological polar surface area (TPSA) is 40.5 Å². The Balaban J connectivity index is 2.12. The van der Waals surface area contributed by atoms with Crippen molar-refractivity contribution in [3.63, 3.8) is 0 Å². The van der Waals surface area contributed by atoms with Gasteiger partial charge in [-0.1, -0.05) is 24.1 Å². The maximum absolute atomic E-state index is 13.2. The Morgan fingerprint density at radius 1 is 1.31 bits per heavy atom. The van der Waals surface area contributed by atoms with Gasteiger partial charge in [0.1, 0.15) is 6.04 Å². The second kappa shape index (κ2) is 7.58. The fraction of sp³-hybridized carbons (Fsp3) is 0.389. The Morgan fingerprint density at radius 3 is 2.69 bits per heavy atom. The summed E-state index contributed by atoms with van der Waals surface area (Å²) in [4.78, 5) is 14.3. The summed E-state index contributed by atoms with van der Waals surface area (Å²) in [5.41, 5.74) is -0.501. The van der Waals surface area contributed by atoms with Gasteiger partial charge in [0.25, 0.3) is 0 Å². The average molecular weight is 404 g/mol. The summed E-state index contributed by atoms with van der Waals surface area (Å²) in [6.07, 6.45) is -2.45. The number of alkyl halides is 3. The van der Waals surface area contributed by atoms with Gasteiger partial charge in [-0.2, -0.15) is 13.2 Å². The van der Waals surface area contributed by atoms with Crippen molar-refractivity contribution in [1.82, 2.24) is 4.90 Å². The molecule has 2 unspecified atom stereocenters. The molecule has 0 spiro atoms. The minimum atomic E-state index is -4.49. The van der Waals surface area contributed by atoms with Crippen molar-refractivity contribution in [2.75, 3.05) is 6.54 Å². The standard InChI is InChI=1S/C18H17ClF3NO2S/c19-13-7-6-11(18(20,21)22)10-12(13)16(15-5-3-9-26-15)23-8-2-1-4-14(23)17(24)25/h3,5-7,9-10,14,16H,1-2,4,8H2,(H,24,25).